The number of ketones is 1. The van der Waals surface area contributed by atoms with Crippen molar-refractivity contribution >= 4 is 16.6 Å². The van der Waals surface area contributed by atoms with Gasteiger partial charge in [-0.1, -0.05) is 13.8 Å². The molecule has 4 heteroatoms. The van der Waals surface area contributed by atoms with E-state index >= 15 is 0 Å². The van der Waals surface area contributed by atoms with Crippen LogP contribution in [0.2, 0.25) is 0 Å². The number of Topliss-reactive ketones (excluding diaryl/α,β-unsaturated/α-hetero) is 1. The van der Waals surface area contributed by atoms with Crippen LogP contribution in [0, 0.1) is 5.82 Å². The van der Waals surface area contributed by atoms with Crippen LogP contribution < -0.4 is 0 Å². The molecule has 0 aliphatic carbocycles. The molecule has 0 amide bonds. The van der Waals surface area contributed by atoms with Crippen LogP contribution >= 0.6 is 0 Å². The predicted molar refractivity (Wildman–Crippen MR) is 68.1 cm³/mol. The number of benzene rings is 1. The summed E-state index contributed by atoms with van der Waals surface area (Å²) in [6.45, 7) is 5.47. The molecule has 2 nitrogen and oxygen atoms in total. The number of hydrogen-bond donors (Lipinski definition) is 0. The van der Waals surface area contributed by atoms with E-state index in [2.05, 4.69) is 0 Å². The first kappa shape index (κ1) is 14.0. The molecule has 1 rings (SSSR count). The van der Waals surface area contributed by atoms with Crippen LogP contribution in [-0.4, -0.2) is 20.5 Å². The smallest absolute Gasteiger partial charge is 0.178 e. The highest BCUT2D eigenvalue weighted by Gasteiger charge is 2.24. The minimum absolute atomic E-state index is 0.00519. The maximum atomic E-state index is 12.7. The third kappa shape index (κ3) is 3.46. The maximum Gasteiger partial charge on any atom is 0.178 e. The molecular weight excluding hydrogens is 239 g/mol. The SMILES string of the molecule is CCC(C)S(=O)C(C)C(=O)c1ccc(F)cc1. The van der Waals surface area contributed by atoms with E-state index < -0.39 is 16.0 Å². The summed E-state index contributed by atoms with van der Waals surface area (Å²) in [4.78, 5) is 12.0. The molecule has 1 aromatic carbocycles. The third-order valence-electron chi connectivity index (χ3n) is 2.82. The summed E-state index contributed by atoms with van der Waals surface area (Å²) in [5.41, 5.74) is 0.413. The number of carbonyl (C=O) groups excluding carboxylic acids is 1. The van der Waals surface area contributed by atoms with E-state index in [0.717, 1.165) is 6.42 Å². The summed E-state index contributed by atoms with van der Waals surface area (Å²) >= 11 is 0. The van der Waals surface area contributed by atoms with Gasteiger partial charge in [0.2, 0.25) is 0 Å². The first-order chi connectivity index (χ1) is 7.97. The predicted octanol–water partition coefficient (Wildman–Crippen LogP) is 2.94. The lowest BCUT2D eigenvalue weighted by molar-refractivity contribution is 0.0992. The van der Waals surface area contributed by atoms with Gasteiger partial charge in [-0.2, -0.15) is 0 Å². The molecule has 0 heterocycles. The molecule has 0 spiro atoms. The second-order valence-electron chi connectivity index (χ2n) is 4.06. The van der Waals surface area contributed by atoms with Gasteiger partial charge in [0.1, 0.15) is 5.82 Å². The van der Waals surface area contributed by atoms with Crippen molar-refractivity contribution < 1.29 is 13.4 Å². The largest absolute Gasteiger partial charge is 0.293 e. The van der Waals surface area contributed by atoms with Gasteiger partial charge in [0.25, 0.3) is 0 Å². The Balaban J connectivity index is 2.83. The first-order valence-corrected chi connectivity index (χ1v) is 6.94. The van der Waals surface area contributed by atoms with Gasteiger partial charge >= 0.3 is 0 Å². The van der Waals surface area contributed by atoms with Crippen molar-refractivity contribution in [2.45, 2.75) is 37.7 Å². The van der Waals surface area contributed by atoms with Gasteiger partial charge in [0.15, 0.2) is 5.78 Å². The summed E-state index contributed by atoms with van der Waals surface area (Å²) in [6, 6.07) is 5.35. The zero-order chi connectivity index (χ0) is 13.0. The highest BCUT2D eigenvalue weighted by Crippen LogP contribution is 2.13. The van der Waals surface area contributed by atoms with Crippen molar-refractivity contribution in [3.8, 4) is 0 Å². The van der Waals surface area contributed by atoms with Crippen molar-refractivity contribution in [2.75, 3.05) is 0 Å². The molecular formula is C13H17FO2S. The summed E-state index contributed by atoms with van der Waals surface area (Å²) < 4.78 is 24.7. The van der Waals surface area contributed by atoms with Crippen molar-refractivity contribution in [2.24, 2.45) is 0 Å². The Labute approximate surface area is 104 Å². The van der Waals surface area contributed by atoms with Gasteiger partial charge in [-0.25, -0.2) is 4.39 Å². The molecule has 0 saturated heterocycles. The third-order valence-corrected chi connectivity index (χ3v) is 4.86. The lowest BCUT2D eigenvalue weighted by Gasteiger charge is -2.15. The minimum Gasteiger partial charge on any atom is -0.293 e. The topological polar surface area (TPSA) is 34.1 Å². The Morgan fingerprint density at radius 1 is 1.29 bits per heavy atom. The molecule has 0 radical (unpaired) electrons. The molecule has 3 unspecified atom stereocenters. The fraction of sp³-hybridized carbons (Fsp3) is 0.462. The number of rotatable bonds is 5. The standard InChI is InChI=1S/C13H17FO2S/c1-4-9(2)17(16)10(3)13(15)11-5-7-12(14)8-6-11/h5-10H,4H2,1-3H3. The van der Waals surface area contributed by atoms with Gasteiger partial charge in [0.05, 0.1) is 5.25 Å². The number of hydrogen-bond acceptors (Lipinski definition) is 2. The van der Waals surface area contributed by atoms with E-state index in [1.54, 1.807) is 6.92 Å². The van der Waals surface area contributed by atoms with Gasteiger partial charge in [0, 0.05) is 21.6 Å². The molecule has 17 heavy (non-hydrogen) atoms. The fourth-order valence-corrected chi connectivity index (χ4v) is 2.84. The maximum absolute atomic E-state index is 12.7. The molecule has 0 aromatic heterocycles. The Morgan fingerprint density at radius 3 is 2.29 bits per heavy atom. The number of halogens is 1. The van der Waals surface area contributed by atoms with Gasteiger partial charge in [-0.3, -0.25) is 9.00 Å². The molecule has 0 aliphatic rings. The van der Waals surface area contributed by atoms with E-state index in [1.807, 2.05) is 13.8 Å². The summed E-state index contributed by atoms with van der Waals surface area (Å²) in [5, 5.41) is -0.551. The second kappa shape index (κ2) is 6.05. The molecule has 1 aromatic rings. The quantitative estimate of drug-likeness (QED) is 0.759. The summed E-state index contributed by atoms with van der Waals surface area (Å²) in [7, 11) is -1.19. The Bertz CT molecular complexity index is 414. The summed E-state index contributed by atoms with van der Waals surface area (Å²) in [5.74, 6) is -0.569. The van der Waals surface area contributed by atoms with E-state index in [0.29, 0.717) is 5.56 Å². The molecule has 0 saturated carbocycles. The van der Waals surface area contributed by atoms with Crippen LogP contribution in [0.25, 0.3) is 0 Å². The Morgan fingerprint density at radius 2 is 1.82 bits per heavy atom. The highest BCUT2D eigenvalue weighted by molar-refractivity contribution is 7.87. The molecule has 0 aliphatic heterocycles. The average molecular weight is 256 g/mol. The van der Waals surface area contributed by atoms with Crippen LogP contribution in [0.1, 0.15) is 37.6 Å². The second-order valence-corrected chi connectivity index (χ2v) is 6.23. The van der Waals surface area contributed by atoms with Crippen LogP contribution in [-0.2, 0) is 10.8 Å². The van der Waals surface area contributed by atoms with Gasteiger partial charge in [-0.15, -0.1) is 0 Å². The van der Waals surface area contributed by atoms with Crippen molar-refractivity contribution in [3.63, 3.8) is 0 Å². The summed E-state index contributed by atoms with van der Waals surface area (Å²) in [6.07, 6.45) is 0.771. The highest BCUT2D eigenvalue weighted by atomic mass is 32.2. The minimum atomic E-state index is -1.19. The van der Waals surface area contributed by atoms with E-state index in [-0.39, 0.29) is 16.9 Å². The van der Waals surface area contributed by atoms with Gasteiger partial charge < -0.3 is 0 Å². The Hall–Kier alpha value is -1.03. The van der Waals surface area contributed by atoms with Crippen LogP contribution in [0.5, 0.6) is 0 Å². The van der Waals surface area contributed by atoms with Crippen LogP contribution in [0.3, 0.4) is 0 Å². The monoisotopic (exact) mass is 256 g/mol. The first-order valence-electron chi connectivity index (χ1n) is 5.66. The average Bonchev–Trinajstić information content (AvgIpc) is 2.36. The van der Waals surface area contributed by atoms with Gasteiger partial charge in [-0.05, 0) is 37.6 Å². The molecule has 0 bridgehead atoms. The van der Waals surface area contributed by atoms with E-state index in [4.69, 9.17) is 0 Å². The molecule has 0 fully saturated rings. The lowest BCUT2D eigenvalue weighted by atomic mass is 10.1. The van der Waals surface area contributed by atoms with Crippen molar-refractivity contribution in [1.29, 1.82) is 0 Å². The van der Waals surface area contributed by atoms with Crippen LogP contribution in [0.4, 0.5) is 4.39 Å². The lowest BCUT2D eigenvalue weighted by Crippen LogP contribution is -2.28. The number of carbonyl (C=O) groups is 1. The molecule has 94 valence electrons. The zero-order valence-corrected chi connectivity index (χ0v) is 11.1. The normalized spacial score (nSPS) is 16.2. The Kier molecular flexibility index (Phi) is 5.00. The molecule has 0 N–H and O–H groups in total. The van der Waals surface area contributed by atoms with Crippen molar-refractivity contribution in [3.05, 3.63) is 35.6 Å². The zero-order valence-electron chi connectivity index (χ0n) is 10.3. The van der Waals surface area contributed by atoms with Crippen LogP contribution in [0.15, 0.2) is 24.3 Å². The molecule has 3 atom stereocenters. The van der Waals surface area contributed by atoms with E-state index in [9.17, 15) is 13.4 Å². The fourth-order valence-electron chi connectivity index (χ4n) is 1.47. The van der Waals surface area contributed by atoms with E-state index in [1.165, 1.54) is 24.3 Å². The van der Waals surface area contributed by atoms with Crippen molar-refractivity contribution in [1.82, 2.24) is 0 Å².